The molecule has 1 fully saturated rings. The van der Waals surface area contributed by atoms with E-state index in [0.717, 1.165) is 30.8 Å². The smallest absolute Gasteiger partial charge is 0.263 e. The third-order valence-electron chi connectivity index (χ3n) is 4.61. The van der Waals surface area contributed by atoms with Crippen LogP contribution in [0.3, 0.4) is 0 Å². The van der Waals surface area contributed by atoms with Gasteiger partial charge in [-0.1, -0.05) is 12.8 Å². The van der Waals surface area contributed by atoms with Crippen LogP contribution >= 0.6 is 11.3 Å². The SMILES string of the molecule is NCC1CCN(C(=O)c2cc3c(s2)CCCCCC3)C1. The molecular weight excluding hydrogens is 268 g/mol. The van der Waals surface area contributed by atoms with Crippen molar-refractivity contribution >= 4 is 17.2 Å². The molecule has 2 aliphatic rings. The Morgan fingerprint density at radius 2 is 2.10 bits per heavy atom. The maximum Gasteiger partial charge on any atom is 0.263 e. The van der Waals surface area contributed by atoms with Crippen LogP contribution in [0.25, 0.3) is 0 Å². The van der Waals surface area contributed by atoms with Gasteiger partial charge in [0.25, 0.3) is 5.91 Å². The number of fused-ring (bicyclic) bond motifs is 1. The van der Waals surface area contributed by atoms with Gasteiger partial charge in [0, 0.05) is 18.0 Å². The number of hydrogen-bond donors (Lipinski definition) is 1. The molecule has 1 aliphatic carbocycles. The van der Waals surface area contributed by atoms with Crippen molar-refractivity contribution in [3.8, 4) is 0 Å². The summed E-state index contributed by atoms with van der Waals surface area (Å²) in [6.45, 7) is 2.42. The second kappa shape index (κ2) is 6.27. The van der Waals surface area contributed by atoms with Crippen molar-refractivity contribution in [3.63, 3.8) is 0 Å². The molecule has 4 heteroatoms. The maximum atomic E-state index is 12.6. The average Bonchev–Trinajstić information content (AvgIpc) is 3.05. The van der Waals surface area contributed by atoms with Crippen LogP contribution in [0.15, 0.2) is 6.07 Å². The normalized spacial score (nSPS) is 23.2. The van der Waals surface area contributed by atoms with Gasteiger partial charge in [0.2, 0.25) is 0 Å². The van der Waals surface area contributed by atoms with Crippen LogP contribution in [-0.4, -0.2) is 30.4 Å². The van der Waals surface area contributed by atoms with E-state index in [1.54, 1.807) is 11.3 Å². The largest absolute Gasteiger partial charge is 0.338 e. The molecular formula is C16H24N2OS. The highest BCUT2D eigenvalue weighted by atomic mass is 32.1. The van der Waals surface area contributed by atoms with Gasteiger partial charge in [0.1, 0.15) is 0 Å². The standard InChI is InChI=1S/C16H24N2OS/c17-10-12-7-8-18(11-12)16(19)15-9-13-5-3-1-2-4-6-14(13)20-15/h9,12H,1-8,10-11,17H2. The van der Waals surface area contributed by atoms with E-state index in [-0.39, 0.29) is 5.91 Å². The number of thiophene rings is 1. The molecule has 0 bridgehead atoms. The van der Waals surface area contributed by atoms with Crippen molar-refractivity contribution in [3.05, 3.63) is 21.4 Å². The summed E-state index contributed by atoms with van der Waals surface area (Å²) < 4.78 is 0. The fourth-order valence-corrected chi connectivity index (χ4v) is 4.54. The summed E-state index contributed by atoms with van der Waals surface area (Å²) in [6.07, 6.45) is 8.61. The summed E-state index contributed by atoms with van der Waals surface area (Å²) in [6, 6.07) is 2.17. The minimum atomic E-state index is 0.234. The lowest BCUT2D eigenvalue weighted by Gasteiger charge is -2.14. The van der Waals surface area contributed by atoms with E-state index in [9.17, 15) is 4.79 Å². The van der Waals surface area contributed by atoms with Crippen LogP contribution < -0.4 is 5.73 Å². The summed E-state index contributed by atoms with van der Waals surface area (Å²) in [5.41, 5.74) is 7.15. The first kappa shape index (κ1) is 14.1. The first-order valence-corrected chi connectivity index (χ1v) is 8.70. The summed E-state index contributed by atoms with van der Waals surface area (Å²) in [4.78, 5) is 17.0. The monoisotopic (exact) mass is 292 g/mol. The van der Waals surface area contributed by atoms with E-state index < -0.39 is 0 Å². The number of aryl methyl sites for hydroxylation is 2. The molecule has 1 saturated heterocycles. The molecule has 3 rings (SSSR count). The molecule has 1 aromatic heterocycles. The fraction of sp³-hybridized carbons (Fsp3) is 0.688. The Balaban J connectivity index is 1.73. The quantitative estimate of drug-likeness (QED) is 0.911. The van der Waals surface area contributed by atoms with E-state index >= 15 is 0 Å². The van der Waals surface area contributed by atoms with Crippen LogP contribution in [-0.2, 0) is 12.8 Å². The molecule has 20 heavy (non-hydrogen) atoms. The Kier molecular flexibility index (Phi) is 4.41. The molecule has 1 atom stereocenters. The molecule has 1 unspecified atom stereocenters. The molecule has 1 aliphatic heterocycles. The summed E-state index contributed by atoms with van der Waals surface area (Å²) in [7, 11) is 0. The molecule has 0 saturated carbocycles. The van der Waals surface area contributed by atoms with Crippen LogP contribution in [0.4, 0.5) is 0 Å². The lowest BCUT2D eigenvalue weighted by atomic mass is 10.00. The van der Waals surface area contributed by atoms with Gasteiger partial charge >= 0.3 is 0 Å². The molecule has 2 N–H and O–H groups in total. The van der Waals surface area contributed by atoms with Gasteiger partial charge in [-0.3, -0.25) is 4.79 Å². The van der Waals surface area contributed by atoms with E-state index in [1.165, 1.54) is 42.5 Å². The van der Waals surface area contributed by atoms with Crippen LogP contribution in [0.1, 0.15) is 52.2 Å². The van der Waals surface area contributed by atoms with Crippen LogP contribution in [0.5, 0.6) is 0 Å². The van der Waals surface area contributed by atoms with Crippen molar-refractivity contribution in [2.75, 3.05) is 19.6 Å². The Labute approximate surface area is 125 Å². The van der Waals surface area contributed by atoms with Gasteiger partial charge in [-0.15, -0.1) is 11.3 Å². The second-order valence-electron chi connectivity index (χ2n) is 6.11. The predicted octanol–water partition coefficient (Wildman–Crippen LogP) is 2.83. The minimum Gasteiger partial charge on any atom is -0.338 e. The highest BCUT2D eigenvalue weighted by Crippen LogP contribution is 2.30. The van der Waals surface area contributed by atoms with Crippen molar-refractivity contribution in [2.24, 2.45) is 11.7 Å². The first-order valence-electron chi connectivity index (χ1n) is 7.89. The zero-order valence-corrected chi connectivity index (χ0v) is 12.9. The molecule has 2 heterocycles. The Morgan fingerprint density at radius 1 is 1.30 bits per heavy atom. The second-order valence-corrected chi connectivity index (χ2v) is 7.25. The average molecular weight is 292 g/mol. The number of carbonyl (C=O) groups is 1. The number of amides is 1. The topological polar surface area (TPSA) is 46.3 Å². The highest BCUT2D eigenvalue weighted by molar-refractivity contribution is 7.14. The van der Waals surface area contributed by atoms with Crippen molar-refractivity contribution in [1.29, 1.82) is 0 Å². The summed E-state index contributed by atoms with van der Waals surface area (Å²) in [5.74, 6) is 0.734. The number of hydrogen-bond acceptors (Lipinski definition) is 3. The van der Waals surface area contributed by atoms with Gasteiger partial charge in [-0.2, -0.15) is 0 Å². The maximum absolute atomic E-state index is 12.6. The molecule has 0 aromatic carbocycles. The highest BCUT2D eigenvalue weighted by Gasteiger charge is 2.27. The number of nitrogens with zero attached hydrogens (tertiary/aromatic N) is 1. The zero-order chi connectivity index (χ0) is 13.9. The molecule has 110 valence electrons. The number of rotatable bonds is 2. The molecule has 0 spiro atoms. The van der Waals surface area contributed by atoms with Gasteiger partial charge in [-0.25, -0.2) is 0 Å². The molecule has 3 nitrogen and oxygen atoms in total. The lowest BCUT2D eigenvalue weighted by molar-refractivity contribution is 0.0792. The predicted molar refractivity (Wildman–Crippen MR) is 83.3 cm³/mol. The van der Waals surface area contributed by atoms with Gasteiger partial charge in [-0.05, 0) is 56.2 Å². The van der Waals surface area contributed by atoms with Crippen LogP contribution in [0, 0.1) is 5.92 Å². The molecule has 0 radical (unpaired) electrons. The Morgan fingerprint density at radius 3 is 2.85 bits per heavy atom. The lowest BCUT2D eigenvalue weighted by Crippen LogP contribution is -2.29. The number of likely N-dealkylation sites (tertiary alicyclic amines) is 1. The van der Waals surface area contributed by atoms with Crippen LogP contribution in [0.2, 0.25) is 0 Å². The van der Waals surface area contributed by atoms with Crippen molar-refractivity contribution < 1.29 is 4.79 Å². The van der Waals surface area contributed by atoms with E-state index in [4.69, 9.17) is 5.73 Å². The van der Waals surface area contributed by atoms with E-state index in [2.05, 4.69) is 6.07 Å². The minimum absolute atomic E-state index is 0.234. The van der Waals surface area contributed by atoms with E-state index in [1.807, 2.05) is 4.90 Å². The first-order chi connectivity index (χ1) is 9.78. The zero-order valence-electron chi connectivity index (χ0n) is 12.1. The number of nitrogens with two attached hydrogens (primary N) is 1. The van der Waals surface area contributed by atoms with Gasteiger partial charge in [0.15, 0.2) is 0 Å². The number of carbonyl (C=O) groups excluding carboxylic acids is 1. The van der Waals surface area contributed by atoms with Crippen molar-refractivity contribution in [1.82, 2.24) is 4.90 Å². The Bertz CT molecular complexity index is 457. The van der Waals surface area contributed by atoms with Crippen molar-refractivity contribution in [2.45, 2.75) is 44.9 Å². The summed E-state index contributed by atoms with van der Waals surface area (Å²) >= 11 is 1.74. The summed E-state index contributed by atoms with van der Waals surface area (Å²) in [5, 5.41) is 0. The van der Waals surface area contributed by atoms with E-state index in [0.29, 0.717) is 12.5 Å². The third kappa shape index (κ3) is 2.91. The fourth-order valence-electron chi connectivity index (χ4n) is 3.31. The van der Waals surface area contributed by atoms with Gasteiger partial charge < -0.3 is 10.6 Å². The van der Waals surface area contributed by atoms with Gasteiger partial charge in [0.05, 0.1) is 4.88 Å². The molecule has 1 amide bonds. The molecule has 1 aromatic rings. The third-order valence-corrected chi connectivity index (χ3v) is 5.84. The Hall–Kier alpha value is -0.870.